The van der Waals surface area contributed by atoms with Gasteiger partial charge in [-0.15, -0.1) is 0 Å². The smallest absolute Gasteiger partial charge is 0.336 e. The average molecular weight is 331 g/mol. The van der Waals surface area contributed by atoms with Crippen molar-refractivity contribution in [2.75, 3.05) is 5.32 Å². The van der Waals surface area contributed by atoms with E-state index in [2.05, 4.69) is 15.5 Å². The monoisotopic (exact) mass is 331 g/mol. The van der Waals surface area contributed by atoms with E-state index in [1.807, 2.05) is 55.5 Å². The molecule has 0 saturated carbocycles. The fourth-order valence-corrected chi connectivity index (χ4v) is 2.95. The molecule has 4 aromatic rings. The molecule has 0 bridgehead atoms. The summed E-state index contributed by atoms with van der Waals surface area (Å²) in [6.45, 7) is 2.66. The maximum atomic E-state index is 12.0. The Morgan fingerprint density at radius 3 is 2.76 bits per heavy atom. The second kappa shape index (κ2) is 6.28. The summed E-state index contributed by atoms with van der Waals surface area (Å²) in [4.78, 5) is 12.0. The number of nitrogens with one attached hydrogen (secondary N) is 2. The summed E-state index contributed by atoms with van der Waals surface area (Å²) < 4.78 is 5.43. The van der Waals surface area contributed by atoms with Crippen molar-refractivity contribution >= 4 is 16.7 Å². The van der Waals surface area contributed by atoms with Crippen LogP contribution in [0.2, 0.25) is 0 Å². The molecule has 2 aromatic carbocycles. The van der Waals surface area contributed by atoms with E-state index in [-0.39, 0.29) is 5.63 Å². The van der Waals surface area contributed by atoms with Crippen LogP contribution in [0.25, 0.3) is 22.1 Å². The van der Waals surface area contributed by atoms with E-state index in [1.54, 1.807) is 12.3 Å². The Bertz CT molecular complexity index is 1080. The van der Waals surface area contributed by atoms with Gasteiger partial charge in [0.05, 0.1) is 12.2 Å². The van der Waals surface area contributed by atoms with E-state index in [0.29, 0.717) is 12.1 Å². The minimum absolute atomic E-state index is 0.350. The highest BCUT2D eigenvalue weighted by Crippen LogP contribution is 2.30. The molecule has 0 unspecified atom stereocenters. The molecule has 0 aliphatic carbocycles. The summed E-state index contributed by atoms with van der Waals surface area (Å²) in [5.74, 6) is 0. The standard InChI is InChI=1S/C20H17N3O2/c1-13-4-2-3-5-16(13)18-11-20(24)25-19-10-14(6-7-17(18)19)21-12-15-8-9-22-23-15/h2-11,21H,12H2,1H3,(H,22,23). The Labute approximate surface area is 144 Å². The van der Waals surface area contributed by atoms with Crippen molar-refractivity contribution < 1.29 is 4.42 Å². The lowest BCUT2D eigenvalue weighted by molar-refractivity contribution is 0.561. The van der Waals surface area contributed by atoms with Gasteiger partial charge in [0.15, 0.2) is 0 Å². The Kier molecular flexibility index (Phi) is 3.82. The first-order valence-electron chi connectivity index (χ1n) is 8.07. The number of rotatable bonds is 4. The minimum Gasteiger partial charge on any atom is -0.423 e. The van der Waals surface area contributed by atoms with Crippen molar-refractivity contribution in [3.63, 3.8) is 0 Å². The molecule has 124 valence electrons. The zero-order valence-corrected chi connectivity index (χ0v) is 13.7. The summed E-state index contributed by atoms with van der Waals surface area (Å²) >= 11 is 0. The van der Waals surface area contributed by atoms with Gasteiger partial charge < -0.3 is 9.73 Å². The van der Waals surface area contributed by atoms with Crippen molar-refractivity contribution in [1.29, 1.82) is 0 Å². The summed E-state index contributed by atoms with van der Waals surface area (Å²) in [6, 6.07) is 17.3. The fourth-order valence-electron chi connectivity index (χ4n) is 2.95. The fraction of sp³-hybridized carbons (Fsp3) is 0.100. The van der Waals surface area contributed by atoms with Crippen LogP contribution in [0, 0.1) is 6.92 Å². The molecule has 0 aliphatic rings. The van der Waals surface area contributed by atoms with Gasteiger partial charge in [-0.3, -0.25) is 5.10 Å². The predicted octanol–water partition coefficient (Wildman–Crippen LogP) is 4.10. The van der Waals surface area contributed by atoms with E-state index < -0.39 is 0 Å². The quantitative estimate of drug-likeness (QED) is 0.552. The Morgan fingerprint density at radius 1 is 1.08 bits per heavy atom. The first-order chi connectivity index (χ1) is 12.2. The minimum atomic E-state index is -0.350. The molecule has 2 heterocycles. The Morgan fingerprint density at radius 2 is 1.96 bits per heavy atom. The summed E-state index contributed by atoms with van der Waals surface area (Å²) in [6.07, 6.45) is 1.71. The number of nitrogens with zero attached hydrogens (tertiary/aromatic N) is 1. The third-order valence-electron chi connectivity index (χ3n) is 4.22. The maximum Gasteiger partial charge on any atom is 0.336 e. The van der Waals surface area contributed by atoms with Crippen LogP contribution in [0.15, 0.2) is 70.0 Å². The van der Waals surface area contributed by atoms with Gasteiger partial charge in [-0.05, 0) is 36.2 Å². The third-order valence-corrected chi connectivity index (χ3v) is 4.22. The largest absolute Gasteiger partial charge is 0.423 e. The highest BCUT2D eigenvalue weighted by atomic mass is 16.4. The van der Waals surface area contributed by atoms with Crippen LogP contribution in [0.5, 0.6) is 0 Å². The molecule has 0 amide bonds. The average Bonchev–Trinajstić information content (AvgIpc) is 3.13. The molecule has 5 nitrogen and oxygen atoms in total. The lowest BCUT2D eigenvalue weighted by Crippen LogP contribution is -2.02. The van der Waals surface area contributed by atoms with Crippen LogP contribution in [-0.4, -0.2) is 10.2 Å². The molecule has 0 saturated heterocycles. The molecule has 2 N–H and O–H groups in total. The third kappa shape index (κ3) is 3.04. The van der Waals surface area contributed by atoms with E-state index >= 15 is 0 Å². The van der Waals surface area contributed by atoms with Crippen LogP contribution >= 0.6 is 0 Å². The lowest BCUT2D eigenvalue weighted by Gasteiger charge is -2.10. The molecule has 25 heavy (non-hydrogen) atoms. The van der Waals surface area contributed by atoms with Gasteiger partial charge in [0, 0.05) is 35.0 Å². The SMILES string of the molecule is Cc1ccccc1-c1cc(=O)oc2cc(NCc3ccn[nH]3)ccc12. The van der Waals surface area contributed by atoms with Crippen molar-refractivity contribution in [3.8, 4) is 11.1 Å². The summed E-state index contributed by atoms with van der Waals surface area (Å²) in [5.41, 5.74) is 5.14. The van der Waals surface area contributed by atoms with Crippen molar-refractivity contribution in [1.82, 2.24) is 10.2 Å². The summed E-state index contributed by atoms with van der Waals surface area (Å²) in [5, 5.41) is 11.0. The zero-order valence-electron chi connectivity index (χ0n) is 13.7. The van der Waals surface area contributed by atoms with E-state index in [0.717, 1.165) is 33.5 Å². The van der Waals surface area contributed by atoms with Crippen molar-refractivity contribution in [2.45, 2.75) is 13.5 Å². The molecule has 2 aromatic heterocycles. The highest BCUT2D eigenvalue weighted by Gasteiger charge is 2.10. The molecule has 0 atom stereocenters. The predicted molar refractivity (Wildman–Crippen MR) is 98.6 cm³/mol. The van der Waals surface area contributed by atoms with Gasteiger partial charge in [0.1, 0.15) is 5.58 Å². The van der Waals surface area contributed by atoms with Gasteiger partial charge in [-0.25, -0.2) is 4.79 Å². The first kappa shape index (κ1) is 15.2. The van der Waals surface area contributed by atoms with Crippen LogP contribution in [0.1, 0.15) is 11.3 Å². The van der Waals surface area contributed by atoms with E-state index in [1.165, 1.54) is 0 Å². The summed E-state index contributed by atoms with van der Waals surface area (Å²) in [7, 11) is 0. The maximum absolute atomic E-state index is 12.0. The normalized spacial score (nSPS) is 10.9. The molecule has 5 heteroatoms. The molecule has 4 rings (SSSR count). The Hall–Kier alpha value is -3.34. The number of benzene rings is 2. The van der Waals surface area contributed by atoms with Crippen LogP contribution in [0.4, 0.5) is 5.69 Å². The Balaban J connectivity index is 1.76. The number of aromatic nitrogens is 2. The lowest BCUT2D eigenvalue weighted by atomic mass is 9.98. The first-order valence-corrected chi connectivity index (χ1v) is 8.07. The topological polar surface area (TPSA) is 70.9 Å². The number of H-pyrrole nitrogens is 1. The molecule has 0 spiro atoms. The molecular weight excluding hydrogens is 314 g/mol. The number of hydrogen-bond acceptors (Lipinski definition) is 4. The molecular formula is C20H17N3O2. The number of hydrogen-bond donors (Lipinski definition) is 2. The number of aromatic amines is 1. The van der Waals surface area contributed by atoms with Crippen molar-refractivity contribution in [3.05, 3.63) is 82.5 Å². The highest BCUT2D eigenvalue weighted by molar-refractivity contribution is 5.95. The van der Waals surface area contributed by atoms with E-state index in [4.69, 9.17) is 4.42 Å². The van der Waals surface area contributed by atoms with Gasteiger partial charge in [-0.2, -0.15) is 5.10 Å². The molecule has 0 aliphatic heterocycles. The number of fused-ring (bicyclic) bond motifs is 1. The van der Waals surface area contributed by atoms with Crippen molar-refractivity contribution in [2.24, 2.45) is 0 Å². The van der Waals surface area contributed by atoms with E-state index in [9.17, 15) is 4.79 Å². The van der Waals surface area contributed by atoms with Crippen LogP contribution in [-0.2, 0) is 6.54 Å². The second-order valence-corrected chi connectivity index (χ2v) is 5.94. The molecule has 0 fully saturated rings. The zero-order chi connectivity index (χ0) is 17.2. The number of aryl methyl sites for hydroxylation is 1. The van der Waals surface area contributed by atoms with Crippen LogP contribution in [0.3, 0.4) is 0 Å². The van der Waals surface area contributed by atoms with Gasteiger partial charge in [0.25, 0.3) is 0 Å². The molecule has 0 radical (unpaired) electrons. The van der Waals surface area contributed by atoms with Gasteiger partial charge in [-0.1, -0.05) is 24.3 Å². The van der Waals surface area contributed by atoms with Gasteiger partial charge in [0.2, 0.25) is 0 Å². The second-order valence-electron chi connectivity index (χ2n) is 5.94. The number of anilines is 1. The van der Waals surface area contributed by atoms with Gasteiger partial charge >= 0.3 is 5.63 Å². The van der Waals surface area contributed by atoms with Crippen LogP contribution < -0.4 is 10.9 Å².